The maximum Gasteiger partial charge on any atom is 0.251 e. The van der Waals surface area contributed by atoms with Crippen molar-refractivity contribution >= 4 is 16.7 Å². The molecule has 0 radical (unpaired) electrons. The fourth-order valence-electron chi connectivity index (χ4n) is 3.96. The van der Waals surface area contributed by atoms with Gasteiger partial charge in [0.25, 0.3) is 5.91 Å². The van der Waals surface area contributed by atoms with Crippen LogP contribution in [0.4, 0.5) is 0 Å². The van der Waals surface area contributed by atoms with Gasteiger partial charge in [0.05, 0.1) is 11.6 Å². The van der Waals surface area contributed by atoms with Gasteiger partial charge in [0, 0.05) is 24.7 Å². The molecule has 4 heteroatoms. The Morgan fingerprint density at radius 3 is 3.00 bits per heavy atom. The Morgan fingerprint density at radius 2 is 2.17 bits per heavy atom. The van der Waals surface area contributed by atoms with E-state index in [1.54, 1.807) is 6.07 Å². The summed E-state index contributed by atoms with van der Waals surface area (Å²) in [6.45, 7) is 3.33. The lowest BCUT2D eigenvalue weighted by atomic mass is 9.96. The largest absolute Gasteiger partial charge is 0.348 e. The normalized spacial score (nSPS) is 26.0. The third kappa shape index (κ3) is 2.69. The highest BCUT2D eigenvalue weighted by Gasteiger charge is 2.32. The third-order valence-corrected chi connectivity index (χ3v) is 5.06. The van der Waals surface area contributed by atoms with E-state index in [1.165, 1.54) is 19.5 Å². The molecule has 0 spiro atoms. The number of nitrogens with one attached hydrogen (secondary N) is 1. The zero-order valence-electron chi connectivity index (χ0n) is 13.0. The maximum absolute atomic E-state index is 12.6. The van der Waals surface area contributed by atoms with Crippen LogP contribution in [0.3, 0.4) is 0 Å². The minimum Gasteiger partial charge on any atom is -0.348 e. The zero-order valence-corrected chi connectivity index (χ0v) is 13.0. The van der Waals surface area contributed by atoms with Gasteiger partial charge < -0.3 is 10.2 Å². The summed E-state index contributed by atoms with van der Waals surface area (Å²) in [5.74, 6) is 0.727. The molecule has 2 bridgehead atoms. The van der Waals surface area contributed by atoms with Crippen LogP contribution in [0.15, 0.2) is 36.4 Å². The van der Waals surface area contributed by atoms with Crippen molar-refractivity contribution in [2.45, 2.75) is 18.9 Å². The summed E-state index contributed by atoms with van der Waals surface area (Å²) in [5, 5.41) is 14.2. The van der Waals surface area contributed by atoms with Gasteiger partial charge in [-0.1, -0.05) is 18.2 Å². The number of nitrogens with zero attached hydrogens (tertiary/aromatic N) is 2. The summed E-state index contributed by atoms with van der Waals surface area (Å²) < 4.78 is 0. The molecule has 0 saturated carbocycles. The first-order valence-electron chi connectivity index (χ1n) is 8.19. The number of fused-ring (bicyclic) bond motifs is 3. The molecule has 2 aromatic carbocycles. The quantitative estimate of drug-likeness (QED) is 0.927. The molecule has 4 rings (SSSR count). The molecule has 2 aliphatic rings. The second kappa shape index (κ2) is 5.68. The first-order valence-corrected chi connectivity index (χ1v) is 8.19. The second-order valence-corrected chi connectivity index (χ2v) is 6.67. The van der Waals surface area contributed by atoms with E-state index in [9.17, 15) is 4.79 Å². The van der Waals surface area contributed by atoms with Crippen LogP contribution in [-0.2, 0) is 0 Å². The van der Waals surface area contributed by atoms with Gasteiger partial charge in [-0.15, -0.1) is 0 Å². The molecule has 2 aromatic rings. The highest BCUT2D eigenvalue weighted by molar-refractivity contribution is 5.99. The van der Waals surface area contributed by atoms with Crippen LogP contribution in [-0.4, -0.2) is 36.5 Å². The van der Waals surface area contributed by atoms with Crippen molar-refractivity contribution in [1.29, 1.82) is 5.26 Å². The fraction of sp³-hybridized carbons (Fsp3) is 0.368. The van der Waals surface area contributed by atoms with E-state index in [4.69, 9.17) is 5.26 Å². The maximum atomic E-state index is 12.6. The number of hydrogen-bond acceptors (Lipinski definition) is 3. The molecule has 23 heavy (non-hydrogen) atoms. The monoisotopic (exact) mass is 305 g/mol. The summed E-state index contributed by atoms with van der Waals surface area (Å²) >= 11 is 0. The van der Waals surface area contributed by atoms with Gasteiger partial charge in [0.15, 0.2) is 0 Å². The fourth-order valence-corrected chi connectivity index (χ4v) is 3.96. The summed E-state index contributed by atoms with van der Waals surface area (Å²) in [4.78, 5) is 15.0. The van der Waals surface area contributed by atoms with Gasteiger partial charge in [0.2, 0.25) is 0 Å². The predicted molar refractivity (Wildman–Crippen MR) is 89.1 cm³/mol. The standard InChI is InChI=1S/C19H19N3O/c20-10-16-3-1-2-14-9-15(4-5-18(14)16)19(23)21-17-8-13-6-7-22(11-13)12-17/h1-5,9,13,17H,6-8,11-12H2,(H,21,23)/t13-,17+/m0/s1. The van der Waals surface area contributed by atoms with E-state index in [2.05, 4.69) is 16.3 Å². The van der Waals surface area contributed by atoms with E-state index >= 15 is 0 Å². The molecule has 2 saturated heterocycles. The highest BCUT2D eigenvalue weighted by Crippen LogP contribution is 2.27. The number of piperidine rings is 1. The lowest BCUT2D eigenvalue weighted by Crippen LogP contribution is -2.47. The van der Waals surface area contributed by atoms with Crippen molar-refractivity contribution in [2.75, 3.05) is 19.6 Å². The first-order chi connectivity index (χ1) is 11.2. The lowest BCUT2D eigenvalue weighted by Gasteiger charge is -2.30. The Bertz CT molecular complexity index is 796. The Labute approximate surface area is 135 Å². The summed E-state index contributed by atoms with van der Waals surface area (Å²) in [6.07, 6.45) is 2.35. The minimum atomic E-state index is -0.0123. The molecular weight excluding hydrogens is 286 g/mol. The van der Waals surface area contributed by atoms with Crippen molar-refractivity contribution in [2.24, 2.45) is 5.92 Å². The molecule has 1 N–H and O–H groups in total. The summed E-state index contributed by atoms with van der Waals surface area (Å²) in [7, 11) is 0. The predicted octanol–water partition coefficient (Wildman–Crippen LogP) is 2.54. The Kier molecular flexibility index (Phi) is 3.51. The molecule has 2 heterocycles. The molecule has 2 aliphatic heterocycles. The van der Waals surface area contributed by atoms with Gasteiger partial charge >= 0.3 is 0 Å². The third-order valence-electron chi connectivity index (χ3n) is 5.06. The van der Waals surface area contributed by atoms with E-state index < -0.39 is 0 Å². The second-order valence-electron chi connectivity index (χ2n) is 6.67. The van der Waals surface area contributed by atoms with Crippen molar-refractivity contribution in [3.05, 3.63) is 47.5 Å². The van der Waals surface area contributed by atoms with Gasteiger partial charge in [-0.2, -0.15) is 5.26 Å². The average molecular weight is 305 g/mol. The highest BCUT2D eigenvalue weighted by atomic mass is 16.1. The molecule has 1 unspecified atom stereocenters. The number of benzene rings is 2. The molecule has 4 nitrogen and oxygen atoms in total. The van der Waals surface area contributed by atoms with E-state index in [0.717, 1.165) is 29.7 Å². The van der Waals surface area contributed by atoms with Crippen LogP contribution in [0.25, 0.3) is 10.8 Å². The van der Waals surface area contributed by atoms with Gasteiger partial charge in [-0.3, -0.25) is 4.79 Å². The van der Waals surface area contributed by atoms with Crippen LogP contribution in [0.2, 0.25) is 0 Å². The molecule has 0 aliphatic carbocycles. The number of nitriles is 1. The first kappa shape index (κ1) is 14.2. The van der Waals surface area contributed by atoms with Crippen LogP contribution in [0, 0.1) is 17.2 Å². The lowest BCUT2D eigenvalue weighted by molar-refractivity contribution is 0.0909. The average Bonchev–Trinajstić information content (AvgIpc) is 2.92. The molecule has 0 aromatic heterocycles. The van der Waals surface area contributed by atoms with Crippen LogP contribution in [0.1, 0.15) is 28.8 Å². The molecule has 1 amide bonds. The van der Waals surface area contributed by atoms with Crippen molar-refractivity contribution in [1.82, 2.24) is 10.2 Å². The summed E-state index contributed by atoms with van der Waals surface area (Å²) in [6, 6.07) is 13.6. The Balaban J connectivity index is 1.54. The Morgan fingerprint density at radius 1 is 1.26 bits per heavy atom. The van der Waals surface area contributed by atoms with Gasteiger partial charge in [0.1, 0.15) is 0 Å². The Hall–Kier alpha value is -2.38. The van der Waals surface area contributed by atoms with Gasteiger partial charge in [-0.25, -0.2) is 0 Å². The number of rotatable bonds is 2. The smallest absolute Gasteiger partial charge is 0.251 e. The van der Waals surface area contributed by atoms with Crippen LogP contribution < -0.4 is 5.32 Å². The molecule has 116 valence electrons. The van der Waals surface area contributed by atoms with Crippen molar-refractivity contribution < 1.29 is 4.79 Å². The topological polar surface area (TPSA) is 56.1 Å². The zero-order chi connectivity index (χ0) is 15.8. The van der Waals surface area contributed by atoms with Crippen molar-refractivity contribution in [3.63, 3.8) is 0 Å². The number of amides is 1. The molecule has 3 atom stereocenters. The SMILES string of the molecule is N#Cc1cccc2cc(C(=O)N[C@@H]3C[C@@H]4CCN(C4)C3)ccc12. The minimum absolute atomic E-state index is 0.0123. The van der Waals surface area contributed by atoms with Gasteiger partial charge in [-0.05, 0) is 54.3 Å². The molecular formula is C19H19N3O. The van der Waals surface area contributed by atoms with Crippen molar-refractivity contribution in [3.8, 4) is 6.07 Å². The number of carbonyl (C=O) groups excluding carboxylic acids is 1. The van der Waals surface area contributed by atoms with E-state index in [-0.39, 0.29) is 11.9 Å². The van der Waals surface area contributed by atoms with E-state index in [1.807, 2.05) is 30.3 Å². The van der Waals surface area contributed by atoms with Crippen LogP contribution in [0.5, 0.6) is 0 Å². The number of hydrogen-bond donors (Lipinski definition) is 1. The van der Waals surface area contributed by atoms with Crippen LogP contribution >= 0.6 is 0 Å². The summed E-state index contributed by atoms with van der Waals surface area (Å²) in [5.41, 5.74) is 1.31. The van der Waals surface area contributed by atoms with E-state index in [0.29, 0.717) is 11.1 Å². The number of carbonyl (C=O) groups is 1. The molecule has 2 fully saturated rings.